The molecule has 5 heteroatoms. The maximum absolute atomic E-state index is 6.19. The van der Waals surface area contributed by atoms with Gasteiger partial charge in [-0.1, -0.05) is 51.3 Å². The molecule has 2 aromatic rings. The Hall–Kier alpha value is -0.900. The highest BCUT2D eigenvalue weighted by molar-refractivity contribution is 9.10. The van der Waals surface area contributed by atoms with Crippen LogP contribution in [0.5, 0.6) is 5.75 Å². The van der Waals surface area contributed by atoms with Gasteiger partial charge in [0, 0.05) is 11.0 Å². The minimum atomic E-state index is 0.561. The van der Waals surface area contributed by atoms with Crippen LogP contribution in [0.3, 0.4) is 0 Å². The van der Waals surface area contributed by atoms with E-state index in [1.807, 2.05) is 31.2 Å². The van der Waals surface area contributed by atoms with Crippen molar-refractivity contribution < 1.29 is 4.74 Å². The monoisotopic (exact) mass is 373 g/mol. The Labute approximate surface area is 137 Å². The lowest BCUT2D eigenvalue weighted by Crippen LogP contribution is -2.04. The topological polar surface area (TPSA) is 21.3 Å². The molecule has 0 unspecified atom stereocenters. The number of halogens is 3. The normalized spacial score (nSPS) is 10.4. The average molecular weight is 375 g/mol. The van der Waals surface area contributed by atoms with Gasteiger partial charge in [0.25, 0.3) is 0 Å². The van der Waals surface area contributed by atoms with Crippen molar-refractivity contribution in [2.24, 2.45) is 0 Å². The molecule has 0 saturated heterocycles. The number of aryl methyl sites for hydroxylation is 1. The largest absolute Gasteiger partial charge is 0.495 e. The van der Waals surface area contributed by atoms with Crippen molar-refractivity contribution in [3.05, 3.63) is 56.0 Å². The second-order valence-electron chi connectivity index (χ2n) is 4.37. The van der Waals surface area contributed by atoms with Crippen LogP contribution in [0.4, 0.5) is 5.69 Å². The van der Waals surface area contributed by atoms with E-state index in [-0.39, 0.29) is 0 Å². The first-order chi connectivity index (χ1) is 9.52. The minimum Gasteiger partial charge on any atom is -0.495 e. The summed E-state index contributed by atoms with van der Waals surface area (Å²) in [6.07, 6.45) is 0. The predicted molar refractivity (Wildman–Crippen MR) is 89.2 cm³/mol. The summed E-state index contributed by atoms with van der Waals surface area (Å²) in [5.41, 5.74) is 2.99. The fourth-order valence-corrected chi connectivity index (χ4v) is 2.91. The van der Waals surface area contributed by atoms with Crippen LogP contribution in [0.15, 0.2) is 34.8 Å². The lowest BCUT2D eigenvalue weighted by molar-refractivity contribution is 0.416. The molecular formula is C15H14BrCl2NO. The lowest BCUT2D eigenvalue weighted by atomic mass is 10.1. The smallest absolute Gasteiger partial charge is 0.143 e. The molecule has 0 amide bonds. The summed E-state index contributed by atoms with van der Waals surface area (Å²) in [5, 5.41) is 4.49. The van der Waals surface area contributed by atoms with E-state index in [4.69, 9.17) is 27.9 Å². The minimum absolute atomic E-state index is 0.561. The number of methoxy groups -OCH3 is 1. The summed E-state index contributed by atoms with van der Waals surface area (Å²) in [4.78, 5) is 0. The highest BCUT2D eigenvalue weighted by Gasteiger charge is 2.10. The second kappa shape index (κ2) is 6.70. The maximum atomic E-state index is 6.19. The van der Waals surface area contributed by atoms with E-state index >= 15 is 0 Å². The van der Waals surface area contributed by atoms with E-state index in [9.17, 15) is 0 Å². The number of hydrogen-bond acceptors (Lipinski definition) is 2. The SMILES string of the molecule is COc1cc(Br)cc(C)c1NCc1cccc(Cl)c1Cl. The van der Waals surface area contributed by atoms with Crippen LogP contribution in [0.25, 0.3) is 0 Å². The first-order valence-corrected chi connectivity index (χ1v) is 7.58. The van der Waals surface area contributed by atoms with Gasteiger partial charge in [0.05, 0.1) is 22.8 Å². The molecule has 0 fully saturated rings. The van der Waals surface area contributed by atoms with Gasteiger partial charge < -0.3 is 10.1 Å². The van der Waals surface area contributed by atoms with Crippen LogP contribution in [-0.4, -0.2) is 7.11 Å². The summed E-state index contributed by atoms with van der Waals surface area (Å²) in [6, 6.07) is 9.57. The van der Waals surface area contributed by atoms with Crippen LogP contribution in [-0.2, 0) is 6.54 Å². The molecule has 0 spiro atoms. The lowest BCUT2D eigenvalue weighted by Gasteiger charge is -2.15. The van der Waals surface area contributed by atoms with Crippen molar-refractivity contribution in [3.8, 4) is 5.75 Å². The Balaban J connectivity index is 2.25. The van der Waals surface area contributed by atoms with Gasteiger partial charge in [-0.3, -0.25) is 0 Å². The van der Waals surface area contributed by atoms with Crippen LogP contribution in [0.1, 0.15) is 11.1 Å². The third-order valence-corrected chi connectivity index (χ3v) is 4.29. The molecule has 0 atom stereocenters. The molecule has 0 aliphatic rings. The molecule has 2 rings (SSSR count). The summed E-state index contributed by atoms with van der Waals surface area (Å²) in [5.74, 6) is 0.787. The van der Waals surface area contributed by atoms with Crippen molar-refractivity contribution in [2.75, 3.05) is 12.4 Å². The number of rotatable bonds is 4. The summed E-state index contributed by atoms with van der Waals surface area (Å²) in [7, 11) is 1.65. The Morgan fingerprint density at radius 2 is 2.00 bits per heavy atom. The predicted octanol–water partition coefficient (Wildman–Crippen LogP) is 5.69. The fourth-order valence-electron chi connectivity index (χ4n) is 1.97. The van der Waals surface area contributed by atoms with Gasteiger partial charge in [0.2, 0.25) is 0 Å². The third kappa shape index (κ3) is 3.40. The number of anilines is 1. The highest BCUT2D eigenvalue weighted by atomic mass is 79.9. The fraction of sp³-hybridized carbons (Fsp3) is 0.200. The van der Waals surface area contributed by atoms with Gasteiger partial charge in [0.1, 0.15) is 5.75 Å². The molecule has 106 valence electrons. The Kier molecular flexibility index (Phi) is 5.19. The summed E-state index contributed by atoms with van der Waals surface area (Å²) < 4.78 is 6.38. The van der Waals surface area contributed by atoms with Crippen molar-refractivity contribution in [2.45, 2.75) is 13.5 Å². The maximum Gasteiger partial charge on any atom is 0.143 e. The Morgan fingerprint density at radius 1 is 1.25 bits per heavy atom. The van der Waals surface area contributed by atoms with E-state index < -0.39 is 0 Å². The van der Waals surface area contributed by atoms with Gasteiger partial charge in [-0.15, -0.1) is 0 Å². The third-order valence-electron chi connectivity index (χ3n) is 2.97. The van der Waals surface area contributed by atoms with Crippen molar-refractivity contribution in [1.82, 2.24) is 0 Å². The van der Waals surface area contributed by atoms with Gasteiger partial charge in [-0.2, -0.15) is 0 Å². The van der Waals surface area contributed by atoms with Crippen LogP contribution in [0, 0.1) is 6.92 Å². The van der Waals surface area contributed by atoms with E-state index in [2.05, 4.69) is 21.2 Å². The van der Waals surface area contributed by atoms with E-state index in [1.165, 1.54) is 0 Å². The Morgan fingerprint density at radius 3 is 2.70 bits per heavy atom. The molecule has 2 aromatic carbocycles. The number of nitrogens with one attached hydrogen (secondary N) is 1. The zero-order valence-corrected chi connectivity index (χ0v) is 14.2. The van der Waals surface area contributed by atoms with Crippen molar-refractivity contribution in [3.63, 3.8) is 0 Å². The Bertz CT molecular complexity index is 632. The number of benzene rings is 2. The van der Waals surface area contributed by atoms with Gasteiger partial charge >= 0.3 is 0 Å². The van der Waals surface area contributed by atoms with Crippen LogP contribution in [0.2, 0.25) is 10.0 Å². The number of hydrogen-bond donors (Lipinski definition) is 1. The quantitative estimate of drug-likeness (QED) is 0.742. The van der Waals surface area contributed by atoms with Crippen molar-refractivity contribution in [1.29, 1.82) is 0 Å². The summed E-state index contributed by atoms with van der Waals surface area (Å²) in [6.45, 7) is 2.60. The van der Waals surface area contributed by atoms with E-state index in [1.54, 1.807) is 13.2 Å². The van der Waals surface area contributed by atoms with Crippen molar-refractivity contribution >= 4 is 44.8 Å². The molecule has 0 aromatic heterocycles. The van der Waals surface area contributed by atoms with Crippen LogP contribution < -0.4 is 10.1 Å². The van der Waals surface area contributed by atoms with Gasteiger partial charge in [0.15, 0.2) is 0 Å². The standard InChI is InChI=1S/C15H14BrCl2NO/c1-9-6-11(16)7-13(20-2)15(9)19-8-10-4-3-5-12(17)14(10)18/h3-7,19H,8H2,1-2H3. The van der Waals surface area contributed by atoms with E-state index in [0.717, 1.165) is 27.0 Å². The zero-order chi connectivity index (χ0) is 14.7. The highest BCUT2D eigenvalue weighted by Crippen LogP contribution is 2.33. The molecule has 0 aliphatic carbocycles. The number of ether oxygens (including phenoxy) is 1. The summed E-state index contributed by atoms with van der Waals surface area (Å²) >= 11 is 15.7. The molecule has 20 heavy (non-hydrogen) atoms. The molecule has 0 heterocycles. The molecule has 0 aliphatic heterocycles. The van der Waals surface area contributed by atoms with E-state index in [0.29, 0.717) is 16.6 Å². The average Bonchev–Trinajstić information content (AvgIpc) is 2.41. The van der Waals surface area contributed by atoms with Crippen LogP contribution >= 0.6 is 39.1 Å². The first kappa shape index (κ1) is 15.5. The molecule has 1 N–H and O–H groups in total. The zero-order valence-electron chi connectivity index (χ0n) is 11.1. The first-order valence-electron chi connectivity index (χ1n) is 6.04. The molecule has 2 nitrogen and oxygen atoms in total. The van der Waals surface area contributed by atoms with Gasteiger partial charge in [-0.25, -0.2) is 0 Å². The molecular weight excluding hydrogens is 361 g/mol. The molecule has 0 saturated carbocycles. The molecule has 0 radical (unpaired) electrons. The molecule has 0 bridgehead atoms. The van der Waals surface area contributed by atoms with Gasteiger partial charge in [-0.05, 0) is 36.2 Å². The second-order valence-corrected chi connectivity index (χ2v) is 6.07.